The van der Waals surface area contributed by atoms with Crippen LogP contribution in [0.15, 0.2) is 60.7 Å². The van der Waals surface area contributed by atoms with Crippen LogP contribution in [0.1, 0.15) is 47.9 Å². The van der Waals surface area contributed by atoms with Crippen LogP contribution in [-0.4, -0.2) is 43.0 Å². The van der Waals surface area contributed by atoms with E-state index >= 15 is 0 Å². The third-order valence-corrected chi connectivity index (χ3v) is 9.39. The molecule has 0 aliphatic carbocycles. The van der Waals surface area contributed by atoms with Gasteiger partial charge in [0, 0.05) is 50.3 Å². The first-order valence-electron chi connectivity index (χ1n) is 13.1. The van der Waals surface area contributed by atoms with E-state index in [1.54, 1.807) is 18.2 Å². The van der Waals surface area contributed by atoms with Crippen LogP contribution in [0.3, 0.4) is 0 Å². The zero-order chi connectivity index (χ0) is 27.3. The van der Waals surface area contributed by atoms with Crippen LogP contribution in [-0.2, 0) is 15.0 Å². The van der Waals surface area contributed by atoms with E-state index in [1.165, 1.54) is 0 Å². The number of benzene rings is 3. The third kappa shape index (κ3) is 4.81. The van der Waals surface area contributed by atoms with Gasteiger partial charge in [0.1, 0.15) is 17.3 Å². The SMILES string of the molecule is CN1CCC(Oc2ccc(I)cc2[C@H]2NC(=O)C[C@@H](c3cccc(Cl)c3)[C@]23C(=O)Nc2cc(Cl)ccc23)CC1. The number of fused-ring (bicyclic) bond motifs is 2. The van der Waals surface area contributed by atoms with Crippen molar-refractivity contribution in [1.29, 1.82) is 0 Å². The largest absolute Gasteiger partial charge is 0.490 e. The molecule has 3 aromatic rings. The van der Waals surface area contributed by atoms with E-state index in [4.69, 9.17) is 27.9 Å². The van der Waals surface area contributed by atoms with Gasteiger partial charge >= 0.3 is 0 Å². The minimum Gasteiger partial charge on any atom is -0.490 e. The molecule has 2 fully saturated rings. The molecule has 0 unspecified atom stereocenters. The van der Waals surface area contributed by atoms with E-state index in [1.807, 2.05) is 42.5 Å². The first-order valence-corrected chi connectivity index (χ1v) is 14.9. The summed E-state index contributed by atoms with van der Waals surface area (Å²) < 4.78 is 7.62. The van der Waals surface area contributed by atoms with Gasteiger partial charge in [-0.2, -0.15) is 0 Å². The van der Waals surface area contributed by atoms with Crippen LogP contribution in [0.25, 0.3) is 0 Å². The van der Waals surface area contributed by atoms with Crippen molar-refractivity contribution in [1.82, 2.24) is 10.2 Å². The maximum Gasteiger partial charge on any atom is 0.238 e. The number of anilines is 1. The Bertz CT molecular complexity index is 1460. The number of halogens is 3. The third-order valence-electron chi connectivity index (χ3n) is 8.24. The van der Waals surface area contributed by atoms with Crippen LogP contribution in [0, 0.1) is 3.57 Å². The number of nitrogens with one attached hydrogen (secondary N) is 2. The number of likely N-dealkylation sites (tertiary alicyclic amines) is 1. The highest BCUT2D eigenvalue weighted by Gasteiger charge is 2.61. The van der Waals surface area contributed by atoms with Gasteiger partial charge in [-0.3, -0.25) is 9.59 Å². The van der Waals surface area contributed by atoms with Gasteiger partial charge in [-0.1, -0.05) is 41.4 Å². The van der Waals surface area contributed by atoms with Gasteiger partial charge in [0.25, 0.3) is 0 Å². The lowest BCUT2D eigenvalue weighted by atomic mass is 9.59. The van der Waals surface area contributed by atoms with Crippen LogP contribution in [0.2, 0.25) is 10.0 Å². The second kappa shape index (κ2) is 10.6. The highest BCUT2D eigenvalue weighted by Crippen LogP contribution is 2.58. The topological polar surface area (TPSA) is 70.7 Å². The summed E-state index contributed by atoms with van der Waals surface area (Å²) >= 11 is 15.0. The first-order chi connectivity index (χ1) is 18.8. The number of hydrogen-bond acceptors (Lipinski definition) is 4. The molecule has 3 aliphatic heterocycles. The molecule has 1 spiro atoms. The molecule has 3 aliphatic rings. The number of ether oxygens (including phenoxy) is 1. The molecule has 9 heteroatoms. The molecule has 0 radical (unpaired) electrons. The number of nitrogens with zero attached hydrogens (tertiary/aromatic N) is 1. The molecule has 3 atom stereocenters. The van der Waals surface area contributed by atoms with E-state index in [9.17, 15) is 9.59 Å². The predicted molar refractivity (Wildman–Crippen MR) is 162 cm³/mol. The lowest BCUT2D eigenvalue weighted by molar-refractivity contribution is -0.131. The van der Waals surface area contributed by atoms with Gasteiger partial charge in [0.05, 0.1) is 6.04 Å². The summed E-state index contributed by atoms with van der Waals surface area (Å²) in [6.45, 7) is 1.92. The molecule has 39 heavy (non-hydrogen) atoms. The average Bonchev–Trinajstić information content (AvgIpc) is 3.18. The Morgan fingerprint density at radius 3 is 2.54 bits per heavy atom. The molecular formula is C30H28Cl2IN3O3. The molecule has 0 aromatic heterocycles. The normalized spacial score (nSPS) is 25.3. The Kier molecular flexibility index (Phi) is 7.29. The molecule has 202 valence electrons. The Balaban J connectivity index is 1.55. The van der Waals surface area contributed by atoms with Crippen LogP contribution in [0.4, 0.5) is 5.69 Å². The molecule has 3 aromatic carbocycles. The molecule has 6 rings (SSSR count). The smallest absolute Gasteiger partial charge is 0.238 e. The van der Waals surface area contributed by atoms with Gasteiger partial charge in [-0.05, 0) is 96.1 Å². The summed E-state index contributed by atoms with van der Waals surface area (Å²) in [4.78, 5) is 30.0. The van der Waals surface area contributed by atoms with Crippen molar-refractivity contribution >= 4 is 63.3 Å². The Morgan fingerprint density at radius 1 is 1.00 bits per heavy atom. The Morgan fingerprint density at radius 2 is 1.77 bits per heavy atom. The zero-order valence-corrected chi connectivity index (χ0v) is 25.0. The van der Waals surface area contributed by atoms with Gasteiger partial charge in [-0.25, -0.2) is 0 Å². The van der Waals surface area contributed by atoms with E-state index < -0.39 is 17.4 Å². The molecule has 0 bridgehead atoms. The van der Waals surface area contributed by atoms with Crippen molar-refractivity contribution in [2.75, 3.05) is 25.5 Å². The maximum absolute atomic E-state index is 14.3. The molecule has 2 amide bonds. The summed E-state index contributed by atoms with van der Waals surface area (Å²) in [6.07, 6.45) is 2.03. The van der Waals surface area contributed by atoms with Crippen molar-refractivity contribution in [2.24, 2.45) is 0 Å². The maximum atomic E-state index is 14.3. The van der Waals surface area contributed by atoms with E-state index in [2.05, 4.69) is 45.2 Å². The number of carbonyl (C=O) groups is 2. The standard InChI is InChI=1S/C30H28Cl2IN3O3/c1-36-11-9-21(10-12-36)39-26-8-6-20(33)15-22(26)28-30(23-7-5-19(32)14-25(23)34-29(30)38)24(16-27(37)35-28)17-3-2-4-18(31)13-17/h2-8,13-15,21,24,28H,9-12,16H2,1H3,(H,34,38)(H,35,37)/t24-,28+,30-/m0/s1. The number of piperidine rings is 2. The van der Waals surface area contributed by atoms with Crippen LogP contribution < -0.4 is 15.4 Å². The zero-order valence-electron chi connectivity index (χ0n) is 21.3. The second-order valence-electron chi connectivity index (χ2n) is 10.6. The van der Waals surface area contributed by atoms with Gasteiger partial charge < -0.3 is 20.3 Å². The molecule has 2 saturated heterocycles. The number of rotatable bonds is 4. The number of hydrogen-bond donors (Lipinski definition) is 2. The molecule has 0 saturated carbocycles. The number of amides is 2. The van der Waals surface area contributed by atoms with Crippen LogP contribution in [0.5, 0.6) is 5.75 Å². The van der Waals surface area contributed by atoms with Crippen molar-refractivity contribution in [3.63, 3.8) is 0 Å². The summed E-state index contributed by atoms with van der Waals surface area (Å²) in [6, 6.07) is 18.3. The van der Waals surface area contributed by atoms with Gasteiger partial charge in [-0.15, -0.1) is 0 Å². The highest BCUT2D eigenvalue weighted by molar-refractivity contribution is 14.1. The highest BCUT2D eigenvalue weighted by atomic mass is 127. The molecule has 2 N–H and O–H groups in total. The van der Waals surface area contributed by atoms with E-state index in [-0.39, 0.29) is 24.3 Å². The van der Waals surface area contributed by atoms with E-state index in [0.29, 0.717) is 21.5 Å². The Labute approximate surface area is 251 Å². The van der Waals surface area contributed by atoms with Crippen LogP contribution >= 0.6 is 45.8 Å². The average molecular weight is 676 g/mol. The summed E-state index contributed by atoms with van der Waals surface area (Å²) in [7, 11) is 2.12. The van der Waals surface area contributed by atoms with Crippen molar-refractivity contribution in [3.8, 4) is 5.75 Å². The minimum absolute atomic E-state index is 0.0578. The van der Waals surface area contributed by atoms with Crippen molar-refractivity contribution in [3.05, 3.63) is 91.0 Å². The molecule has 6 nitrogen and oxygen atoms in total. The molecular weight excluding hydrogens is 648 g/mol. The summed E-state index contributed by atoms with van der Waals surface area (Å²) in [5.74, 6) is -0.0863. The van der Waals surface area contributed by atoms with Crippen molar-refractivity contribution in [2.45, 2.75) is 42.7 Å². The monoisotopic (exact) mass is 675 g/mol. The minimum atomic E-state index is -1.14. The Hall–Kier alpha value is -2.33. The fourth-order valence-corrected chi connectivity index (χ4v) is 7.29. The summed E-state index contributed by atoms with van der Waals surface area (Å²) in [5.41, 5.74) is 1.94. The lowest BCUT2D eigenvalue weighted by Gasteiger charge is -2.47. The lowest BCUT2D eigenvalue weighted by Crippen LogP contribution is -2.57. The van der Waals surface area contributed by atoms with Gasteiger partial charge in [0.15, 0.2) is 0 Å². The first kappa shape index (κ1) is 26.9. The predicted octanol–water partition coefficient (Wildman–Crippen LogP) is 6.31. The quantitative estimate of drug-likeness (QED) is 0.319. The van der Waals surface area contributed by atoms with Crippen molar-refractivity contribution < 1.29 is 14.3 Å². The van der Waals surface area contributed by atoms with E-state index in [0.717, 1.165) is 46.2 Å². The summed E-state index contributed by atoms with van der Waals surface area (Å²) in [5, 5.41) is 7.40. The molecule has 3 heterocycles. The second-order valence-corrected chi connectivity index (χ2v) is 12.7. The van der Waals surface area contributed by atoms with Gasteiger partial charge in [0.2, 0.25) is 11.8 Å². The fourth-order valence-electron chi connectivity index (χ4n) is 6.40. The fraction of sp³-hybridized carbons (Fsp3) is 0.333. The number of carbonyl (C=O) groups excluding carboxylic acids is 2.